The number of fused-ring (bicyclic) bond motifs is 1. The molecule has 4 rings (SSSR count). The van der Waals surface area contributed by atoms with E-state index in [9.17, 15) is 14.4 Å². The quantitative estimate of drug-likeness (QED) is 0.560. The minimum Gasteiger partial charge on any atom is -0.482 e. The van der Waals surface area contributed by atoms with Gasteiger partial charge in [0.15, 0.2) is 17.5 Å². The van der Waals surface area contributed by atoms with Crippen molar-refractivity contribution in [2.45, 2.75) is 30.6 Å². The fourth-order valence-corrected chi connectivity index (χ4v) is 3.89. The zero-order chi connectivity index (χ0) is 18.8. The second-order valence-corrected chi connectivity index (χ2v) is 7.26. The Bertz CT molecular complexity index is 932. The Kier molecular flexibility index (Phi) is 4.99. The van der Waals surface area contributed by atoms with Crippen molar-refractivity contribution >= 4 is 29.1 Å². The summed E-state index contributed by atoms with van der Waals surface area (Å²) in [5.41, 5.74) is 0.627. The third kappa shape index (κ3) is 3.91. The van der Waals surface area contributed by atoms with Crippen LogP contribution in [0.25, 0.3) is 0 Å². The van der Waals surface area contributed by atoms with Gasteiger partial charge >= 0.3 is 5.69 Å². The highest BCUT2D eigenvalue weighted by Crippen LogP contribution is 2.29. The Balaban J connectivity index is 1.43. The second-order valence-electron chi connectivity index (χ2n) is 6.32. The molecule has 1 amide bonds. The summed E-state index contributed by atoms with van der Waals surface area (Å²) in [6.45, 7) is 1.10. The summed E-state index contributed by atoms with van der Waals surface area (Å²) in [5, 5.41) is 9.57. The first kappa shape index (κ1) is 17.8. The van der Waals surface area contributed by atoms with Crippen molar-refractivity contribution in [3.8, 4) is 5.75 Å². The molecule has 0 aliphatic carbocycles. The van der Waals surface area contributed by atoms with Gasteiger partial charge in [-0.1, -0.05) is 11.8 Å². The minimum absolute atomic E-state index is 0.000362. The molecule has 2 aliphatic heterocycles. The first-order valence-corrected chi connectivity index (χ1v) is 9.58. The van der Waals surface area contributed by atoms with Gasteiger partial charge in [-0.2, -0.15) is 0 Å². The number of Topliss-reactive ketones (excluding diaryl/α,β-unsaturated/α-hetero) is 1. The zero-order valence-electron chi connectivity index (χ0n) is 14.4. The molecule has 3 heterocycles. The summed E-state index contributed by atoms with van der Waals surface area (Å²) in [6.07, 6.45) is 1.89. The number of ketones is 1. The molecule has 0 unspecified atom stereocenters. The number of nitrogens with one attached hydrogen (secondary N) is 2. The maximum Gasteiger partial charge on any atom is 0.344 e. The maximum atomic E-state index is 12.5. The summed E-state index contributed by atoms with van der Waals surface area (Å²) in [5.74, 6) is 0.262. The van der Waals surface area contributed by atoms with Crippen molar-refractivity contribution in [2.24, 2.45) is 0 Å². The van der Waals surface area contributed by atoms with Gasteiger partial charge in [0.05, 0.1) is 24.1 Å². The van der Waals surface area contributed by atoms with E-state index in [-0.39, 0.29) is 35.8 Å². The van der Waals surface area contributed by atoms with Crippen LogP contribution >= 0.6 is 11.8 Å². The molecule has 2 aliphatic rings. The van der Waals surface area contributed by atoms with Crippen molar-refractivity contribution in [3.63, 3.8) is 0 Å². The molecule has 142 valence electrons. The lowest BCUT2D eigenvalue weighted by Gasteiger charge is -2.18. The highest BCUT2D eigenvalue weighted by atomic mass is 32.2. The average molecular weight is 390 g/mol. The number of hydrogen-bond acceptors (Lipinski definition) is 7. The molecule has 1 atom stereocenters. The molecule has 10 heteroatoms. The Morgan fingerprint density at radius 3 is 3.07 bits per heavy atom. The first-order chi connectivity index (χ1) is 13.1. The van der Waals surface area contributed by atoms with Crippen LogP contribution in [0.4, 0.5) is 5.69 Å². The number of anilines is 1. The van der Waals surface area contributed by atoms with Crippen LogP contribution in [-0.2, 0) is 16.1 Å². The van der Waals surface area contributed by atoms with Crippen LogP contribution in [0, 0.1) is 0 Å². The van der Waals surface area contributed by atoms with Crippen molar-refractivity contribution < 1.29 is 19.1 Å². The lowest BCUT2D eigenvalue weighted by Crippen LogP contribution is -2.25. The smallest absolute Gasteiger partial charge is 0.344 e. The zero-order valence-corrected chi connectivity index (χ0v) is 15.2. The van der Waals surface area contributed by atoms with Gasteiger partial charge in [0.2, 0.25) is 0 Å². The Hall–Kier alpha value is -2.59. The SMILES string of the molecule is O=C1COc2ccc(C(=O)CSc3n[nH]c(=O)n3C[C@@H]3CCCO3)cc2N1. The maximum absolute atomic E-state index is 12.5. The van der Waals surface area contributed by atoms with E-state index in [4.69, 9.17) is 9.47 Å². The number of thioether (sulfide) groups is 1. The molecule has 0 bridgehead atoms. The van der Waals surface area contributed by atoms with Crippen molar-refractivity contribution in [3.05, 3.63) is 34.2 Å². The number of carbonyl (C=O) groups excluding carboxylic acids is 2. The van der Waals surface area contributed by atoms with E-state index in [1.807, 2.05) is 0 Å². The third-order valence-corrected chi connectivity index (χ3v) is 5.38. The number of nitrogens with zero attached hydrogens (tertiary/aromatic N) is 2. The van der Waals surface area contributed by atoms with E-state index in [0.717, 1.165) is 12.8 Å². The largest absolute Gasteiger partial charge is 0.482 e. The highest BCUT2D eigenvalue weighted by molar-refractivity contribution is 7.99. The molecule has 0 saturated carbocycles. The second kappa shape index (κ2) is 7.57. The van der Waals surface area contributed by atoms with Gasteiger partial charge in [0, 0.05) is 12.2 Å². The van der Waals surface area contributed by atoms with Crippen LogP contribution in [0.2, 0.25) is 0 Å². The summed E-state index contributed by atoms with van der Waals surface area (Å²) >= 11 is 1.19. The molecular formula is C17H18N4O5S. The topological polar surface area (TPSA) is 115 Å². The molecule has 1 aromatic carbocycles. The van der Waals surface area contributed by atoms with Gasteiger partial charge in [-0.3, -0.25) is 14.2 Å². The Morgan fingerprint density at radius 1 is 1.37 bits per heavy atom. The number of hydrogen-bond donors (Lipinski definition) is 2. The summed E-state index contributed by atoms with van der Waals surface area (Å²) in [7, 11) is 0. The fraction of sp³-hybridized carbons (Fsp3) is 0.412. The summed E-state index contributed by atoms with van der Waals surface area (Å²) in [4.78, 5) is 35.9. The van der Waals surface area contributed by atoms with Crippen LogP contribution in [0.15, 0.2) is 28.2 Å². The Labute approximate surface area is 158 Å². The van der Waals surface area contributed by atoms with Gasteiger partial charge in [0.25, 0.3) is 5.91 Å². The van der Waals surface area contributed by atoms with E-state index < -0.39 is 0 Å². The van der Waals surface area contributed by atoms with E-state index in [2.05, 4.69) is 15.5 Å². The number of aromatic amines is 1. The Morgan fingerprint density at radius 2 is 2.26 bits per heavy atom. The van der Waals surface area contributed by atoms with Crippen LogP contribution < -0.4 is 15.7 Å². The predicted molar refractivity (Wildman–Crippen MR) is 97.4 cm³/mol. The molecule has 0 spiro atoms. The number of carbonyl (C=O) groups is 2. The van der Waals surface area contributed by atoms with Crippen LogP contribution in [-0.4, -0.2) is 51.5 Å². The van der Waals surface area contributed by atoms with Gasteiger partial charge in [-0.15, -0.1) is 5.10 Å². The molecule has 1 fully saturated rings. The van der Waals surface area contributed by atoms with Gasteiger partial charge in [-0.05, 0) is 31.0 Å². The average Bonchev–Trinajstić information content (AvgIpc) is 3.30. The molecule has 9 nitrogen and oxygen atoms in total. The van der Waals surface area contributed by atoms with E-state index >= 15 is 0 Å². The normalized spacial score (nSPS) is 18.7. The number of ether oxygens (including phenoxy) is 2. The fourth-order valence-electron chi connectivity index (χ4n) is 3.04. The van der Waals surface area contributed by atoms with Crippen LogP contribution in [0.1, 0.15) is 23.2 Å². The van der Waals surface area contributed by atoms with Crippen LogP contribution in [0.3, 0.4) is 0 Å². The standard InChI is InChI=1S/C17H18N4O5S/c22-13(10-3-4-14-12(6-10)18-15(23)8-26-14)9-27-17-20-19-16(24)21(17)7-11-2-1-5-25-11/h3-4,6,11H,1-2,5,7-9H2,(H,18,23)(H,19,24)/t11-/m0/s1. The van der Waals surface area contributed by atoms with Gasteiger partial charge in [0.1, 0.15) is 5.75 Å². The monoisotopic (exact) mass is 390 g/mol. The minimum atomic E-state index is -0.311. The van der Waals surface area contributed by atoms with Crippen molar-refractivity contribution in [1.82, 2.24) is 14.8 Å². The molecule has 2 N–H and O–H groups in total. The van der Waals surface area contributed by atoms with Gasteiger partial charge < -0.3 is 14.8 Å². The number of aromatic nitrogens is 3. The summed E-state index contributed by atoms with van der Waals surface area (Å²) in [6, 6.07) is 4.91. The number of benzene rings is 1. The van der Waals surface area contributed by atoms with E-state index in [1.165, 1.54) is 16.3 Å². The van der Waals surface area contributed by atoms with Crippen molar-refractivity contribution in [2.75, 3.05) is 24.3 Å². The molecule has 1 aromatic heterocycles. The van der Waals surface area contributed by atoms with Gasteiger partial charge in [-0.25, -0.2) is 9.89 Å². The molecule has 27 heavy (non-hydrogen) atoms. The molecule has 0 radical (unpaired) electrons. The molecule has 2 aromatic rings. The van der Waals surface area contributed by atoms with Crippen LogP contribution in [0.5, 0.6) is 5.75 Å². The number of rotatable bonds is 6. The third-order valence-electron chi connectivity index (χ3n) is 4.40. The highest BCUT2D eigenvalue weighted by Gasteiger charge is 2.21. The van der Waals surface area contributed by atoms with E-state index in [0.29, 0.717) is 35.3 Å². The first-order valence-electron chi connectivity index (χ1n) is 8.59. The summed E-state index contributed by atoms with van der Waals surface area (Å²) < 4.78 is 12.4. The number of amides is 1. The van der Waals surface area contributed by atoms with E-state index in [1.54, 1.807) is 18.2 Å². The van der Waals surface area contributed by atoms with Crippen molar-refractivity contribution in [1.29, 1.82) is 0 Å². The molecule has 1 saturated heterocycles. The molecular weight excluding hydrogens is 372 g/mol. The lowest BCUT2D eigenvalue weighted by molar-refractivity contribution is -0.118. The predicted octanol–water partition coefficient (Wildman–Crippen LogP) is 1.06. The number of H-pyrrole nitrogens is 1. The lowest BCUT2D eigenvalue weighted by atomic mass is 10.1.